The van der Waals surface area contributed by atoms with Crippen LogP contribution in [0.25, 0.3) is 33.6 Å². The van der Waals surface area contributed by atoms with Crippen LogP contribution in [0.1, 0.15) is 81.4 Å². The molecule has 0 spiro atoms. The number of carbonyl (C=O) groups excluding carboxylic acids is 2. The number of piperidine rings is 1. The van der Waals surface area contributed by atoms with Crippen LogP contribution in [-0.4, -0.2) is 63.3 Å². The Balaban J connectivity index is 1.39. The maximum absolute atomic E-state index is 13.7. The summed E-state index contributed by atoms with van der Waals surface area (Å²) < 4.78 is 50.9. The van der Waals surface area contributed by atoms with Gasteiger partial charge in [0.25, 0.3) is 5.91 Å². The van der Waals surface area contributed by atoms with Gasteiger partial charge in [-0.15, -0.1) is 0 Å². The number of alkyl halides is 3. The second-order valence-electron chi connectivity index (χ2n) is 13.8. The van der Waals surface area contributed by atoms with Crippen LogP contribution in [0.3, 0.4) is 0 Å². The van der Waals surface area contributed by atoms with E-state index >= 15 is 0 Å². The van der Waals surface area contributed by atoms with E-state index in [1.807, 2.05) is 50.6 Å². The first-order valence-corrected chi connectivity index (χ1v) is 16.7. The number of rotatable bonds is 4. The molecule has 2 amide bonds. The molecule has 2 bridgehead atoms. The van der Waals surface area contributed by atoms with Gasteiger partial charge < -0.3 is 29.8 Å². The summed E-state index contributed by atoms with van der Waals surface area (Å²) in [6.07, 6.45) is 0.168. The summed E-state index contributed by atoms with van der Waals surface area (Å²) >= 11 is 0. The van der Waals surface area contributed by atoms with Crippen molar-refractivity contribution in [1.82, 2.24) is 35.1 Å². The van der Waals surface area contributed by atoms with Crippen LogP contribution >= 0.6 is 0 Å². The monoisotopic (exact) mass is 667 g/mol. The number of hydrogen-bond donors (Lipinski definition) is 3. The number of halogens is 3. The SMILES string of the molecule is COc1cc(C(=O)N[C@H]2CNCC[C@@H]2C(F)(F)F)cc2nc(-c3cc4ccc5nc4n3CCCCCCC(C)(C)C(=O)N[C@@H]5C)n(C)c12. The number of benzene rings is 1. The minimum Gasteiger partial charge on any atom is -0.494 e. The van der Waals surface area contributed by atoms with Crippen molar-refractivity contribution in [2.75, 3.05) is 20.2 Å². The van der Waals surface area contributed by atoms with E-state index in [0.29, 0.717) is 29.2 Å². The predicted octanol–water partition coefficient (Wildman–Crippen LogP) is 6.04. The first-order valence-electron chi connectivity index (χ1n) is 16.7. The number of nitrogens with one attached hydrogen (secondary N) is 3. The van der Waals surface area contributed by atoms with Crippen molar-refractivity contribution in [2.45, 2.75) is 84.1 Å². The molecule has 0 aliphatic carbocycles. The van der Waals surface area contributed by atoms with Crippen molar-refractivity contribution in [1.29, 1.82) is 0 Å². The van der Waals surface area contributed by atoms with Crippen LogP contribution in [0.4, 0.5) is 13.2 Å². The fourth-order valence-corrected chi connectivity index (χ4v) is 7.04. The minimum atomic E-state index is -4.41. The number of pyridine rings is 1. The molecule has 1 saturated heterocycles. The van der Waals surface area contributed by atoms with Gasteiger partial charge in [0, 0.05) is 36.5 Å². The summed E-state index contributed by atoms with van der Waals surface area (Å²) in [4.78, 5) is 36.5. The number of fused-ring (bicyclic) bond motifs is 2. The zero-order valence-corrected chi connectivity index (χ0v) is 28.1. The molecule has 6 rings (SSSR count). The lowest BCUT2D eigenvalue weighted by Crippen LogP contribution is -2.55. The molecule has 10 nitrogen and oxygen atoms in total. The number of carbonyl (C=O) groups is 2. The molecule has 3 aromatic heterocycles. The largest absolute Gasteiger partial charge is 0.494 e. The van der Waals surface area contributed by atoms with E-state index in [9.17, 15) is 22.8 Å². The molecular weight excluding hydrogens is 623 g/mol. The molecule has 2 aliphatic rings. The lowest BCUT2D eigenvalue weighted by Gasteiger charge is -2.34. The molecule has 3 atom stereocenters. The van der Waals surface area contributed by atoms with Crippen LogP contribution in [0, 0.1) is 11.3 Å². The Morgan fingerprint density at radius 3 is 2.62 bits per heavy atom. The third kappa shape index (κ3) is 6.48. The van der Waals surface area contributed by atoms with Crippen molar-refractivity contribution in [3.05, 3.63) is 41.6 Å². The Kier molecular flexibility index (Phi) is 9.18. The van der Waals surface area contributed by atoms with Crippen LogP contribution in [-0.2, 0) is 18.4 Å². The van der Waals surface area contributed by atoms with Crippen molar-refractivity contribution < 1.29 is 27.5 Å². The highest BCUT2D eigenvalue weighted by atomic mass is 19.4. The molecule has 1 aromatic carbocycles. The fourth-order valence-electron chi connectivity index (χ4n) is 7.04. The highest BCUT2D eigenvalue weighted by Gasteiger charge is 2.46. The number of hydrogen-bond acceptors (Lipinski definition) is 6. The van der Waals surface area contributed by atoms with E-state index in [1.165, 1.54) is 7.11 Å². The summed E-state index contributed by atoms with van der Waals surface area (Å²) in [7, 11) is 3.37. The van der Waals surface area contributed by atoms with E-state index in [4.69, 9.17) is 14.7 Å². The Morgan fingerprint density at radius 1 is 1.10 bits per heavy atom. The summed E-state index contributed by atoms with van der Waals surface area (Å²) in [5.74, 6) is -1.20. The summed E-state index contributed by atoms with van der Waals surface area (Å²) in [5.41, 5.74) is 3.24. The summed E-state index contributed by atoms with van der Waals surface area (Å²) in [5, 5.41) is 9.65. The Morgan fingerprint density at radius 2 is 1.88 bits per heavy atom. The van der Waals surface area contributed by atoms with Crippen molar-refractivity contribution in [3.8, 4) is 17.3 Å². The molecule has 1 fully saturated rings. The van der Waals surface area contributed by atoms with E-state index in [-0.39, 0.29) is 37.0 Å². The van der Waals surface area contributed by atoms with Gasteiger partial charge in [-0.3, -0.25) is 9.59 Å². The van der Waals surface area contributed by atoms with E-state index in [2.05, 4.69) is 20.5 Å². The topological polar surface area (TPSA) is 115 Å². The van der Waals surface area contributed by atoms with E-state index < -0.39 is 29.5 Å². The van der Waals surface area contributed by atoms with Gasteiger partial charge in [-0.05, 0) is 63.1 Å². The highest BCUT2D eigenvalue weighted by molar-refractivity contribution is 6.00. The molecule has 0 radical (unpaired) electrons. The minimum absolute atomic E-state index is 0.0160. The zero-order valence-electron chi connectivity index (χ0n) is 28.1. The lowest BCUT2D eigenvalue weighted by atomic mass is 9.85. The zero-order chi connectivity index (χ0) is 34.4. The number of amides is 2. The molecule has 2 aliphatic heterocycles. The van der Waals surface area contributed by atoms with Gasteiger partial charge in [-0.1, -0.05) is 33.1 Å². The van der Waals surface area contributed by atoms with E-state index in [1.54, 1.807) is 12.1 Å². The van der Waals surface area contributed by atoms with Gasteiger partial charge in [0.1, 0.15) is 16.9 Å². The number of imidazole rings is 1. The van der Waals surface area contributed by atoms with Crippen LogP contribution in [0.5, 0.6) is 5.75 Å². The fraction of sp³-hybridized carbons (Fsp3) is 0.543. The molecule has 13 heteroatoms. The molecular formula is C35H44F3N7O3. The van der Waals surface area contributed by atoms with Crippen molar-refractivity contribution in [2.24, 2.45) is 18.4 Å². The van der Waals surface area contributed by atoms with Gasteiger partial charge >= 0.3 is 6.18 Å². The quantitative estimate of drug-likeness (QED) is 0.245. The van der Waals surface area contributed by atoms with Gasteiger partial charge in [0.15, 0.2) is 5.82 Å². The Labute approximate surface area is 277 Å². The van der Waals surface area contributed by atoms with Crippen molar-refractivity contribution >= 4 is 33.9 Å². The smallest absolute Gasteiger partial charge is 0.393 e. The normalized spacial score (nSPS) is 22.4. The van der Waals surface area contributed by atoms with E-state index in [0.717, 1.165) is 54.5 Å². The molecule has 5 heterocycles. The Bertz CT molecular complexity index is 1840. The average molecular weight is 668 g/mol. The van der Waals surface area contributed by atoms with Crippen molar-refractivity contribution in [3.63, 3.8) is 0 Å². The lowest BCUT2D eigenvalue weighted by molar-refractivity contribution is -0.186. The summed E-state index contributed by atoms with van der Waals surface area (Å²) in [6, 6.07) is 7.78. The number of nitrogens with zero attached hydrogens (tertiary/aromatic N) is 4. The number of aryl methyl sites for hydroxylation is 2. The second-order valence-corrected chi connectivity index (χ2v) is 13.8. The Hall–Kier alpha value is -4.13. The maximum atomic E-state index is 13.7. The van der Waals surface area contributed by atoms with Crippen LogP contribution in [0.2, 0.25) is 0 Å². The highest BCUT2D eigenvalue weighted by Crippen LogP contribution is 2.36. The molecule has 4 aromatic rings. The third-order valence-corrected chi connectivity index (χ3v) is 9.97. The average Bonchev–Trinajstić information content (AvgIpc) is 3.57. The first kappa shape index (κ1) is 33.8. The summed E-state index contributed by atoms with van der Waals surface area (Å²) in [6.45, 7) is 6.92. The molecule has 258 valence electrons. The van der Waals surface area contributed by atoms with Crippen LogP contribution in [0.15, 0.2) is 30.3 Å². The standard InChI is InChI=1S/C35H44F3N7O3/c1-20-24-11-10-21-17-27(45(30(21)41-24)15-9-7-6-8-13-34(2,3)33(47)40-20)31-42-25-16-22(18-28(48-5)29(25)44(31)4)32(46)43-26-19-39-14-12-23(26)35(36,37)38/h10-11,16-18,20,23,26,39H,6-9,12-15,19H2,1-5H3,(H,40,47)(H,43,46)/t20-,23+,26+/m1/s1. The van der Waals surface area contributed by atoms with Gasteiger partial charge in [-0.25, -0.2) is 9.97 Å². The molecule has 3 N–H and O–H groups in total. The number of aromatic nitrogens is 4. The number of methoxy groups -OCH3 is 1. The maximum Gasteiger partial charge on any atom is 0.393 e. The van der Waals surface area contributed by atoms with Gasteiger partial charge in [0.2, 0.25) is 5.91 Å². The van der Waals surface area contributed by atoms with Gasteiger partial charge in [-0.2, -0.15) is 13.2 Å². The molecule has 0 saturated carbocycles. The second kappa shape index (κ2) is 13.1. The first-order chi connectivity index (χ1) is 22.8. The number of ether oxygens (including phenoxy) is 1. The van der Waals surface area contributed by atoms with Crippen LogP contribution < -0.4 is 20.7 Å². The molecule has 0 unspecified atom stereocenters. The molecule has 48 heavy (non-hydrogen) atoms. The third-order valence-electron chi connectivity index (χ3n) is 9.97. The predicted molar refractivity (Wildman–Crippen MR) is 178 cm³/mol. The van der Waals surface area contributed by atoms with Gasteiger partial charge in [0.05, 0.1) is 42.0 Å².